The number of halogens is 2. The zero-order valence-electron chi connectivity index (χ0n) is 13.9. The van der Waals surface area contributed by atoms with Gasteiger partial charge in [0, 0.05) is 32.6 Å². The second kappa shape index (κ2) is 7.43. The predicted molar refractivity (Wildman–Crippen MR) is 85.6 cm³/mol. The summed E-state index contributed by atoms with van der Waals surface area (Å²) in [5, 5.41) is 2.69. The molecular weight excluding hydrogens is 300 g/mol. The number of hydrogen-bond donors (Lipinski definition) is 1. The van der Waals surface area contributed by atoms with E-state index in [2.05, 4.69) is 10.2 Å². The molecule has 6 heteroatoms. The van der Waals surface area contributed by atoms with Crippen molar-refractivity contribution in [2.24, 2.45) is 5.92 Å². The molecule has 1 amide bonds. The lowest BCUT2D eigenvalue weighted by Crippen LogP contribution is -2.45. The van der Waals surface area contributed by atoms with E-state index in [9.17, 15) is 13.6 Å². The lowest BCUT2D eigenvalue weighted by molar-refractivity contribution is -0.133. The first kappa shape index (κ1) is 17.1. The topological polar surface area (TPSA) is 35.6 Å². The Morgan fingerprint density at radius 3 is 2.52 bits per heavy atom. The smallest absolute Gasteiger partial charge is 0.262 e. The van der Waals surface area contributed by atoms with Crippen molar-refractivity contribution < 1.29 is 13.6 Å². The van der Waals surface area contributed by atoms with E-state index >= 15 is 0 Å². The minimum atomic E-state index is -2.74. The third kappa shape index (κ3) is 4.63. The van der Waals surface area contributed by atoms with Crippen molar-refractivity contribution in [3.63, 3.8) is 0 Å². The number of carbonyl (C=O) groups excluding carboxylic acids is 1. The van der Waals surface area contributed by atoms with E-state index in [0.717, 1.165) is 32.0 Å². The number of carbonyl (C=O) groups is 1. The SMILES string of the molecule is O=C(C1CC(F)(F)CN1)N1CCCN(CC2CCCCC2)CC1. The molecule has 0 aromatic heterocycles. The van der Waals surface area contributed by atoms with Crippen molar-refractivity contribution in [1.82, 2.24) is 15.1 Å². The summed E-state index contributed by atoms with van der Waals surface area (Å²) in [7, 11) is 0. The molecule has 0 aromatic carbocycles. The molecular formula is C17H29F2N3O. The van der Waals surface area contributed by atoms with Gasteiger partial charge in [-0.2, -0.15) is 0 Å². The largest absolute Gasteiger partial charge is 0.340 e. The fraction of sp³-hybridized carbons (Fsp3) is 0.941. The average Bonchev–Trinajstić information content (AvgIpc) is 2.75. The highest BCUT2D eigenvalue weighted by Crippen LogP contribution is 2.27. The maximum Gasteiger partial charge on any atom is 0.262 e. The molecule has 0 radical (unpaired) electrons. The normalized spacial score (nSPS) is 30.3. The van der Waals surface area contributed by atoms with Crippen molar-refractivity contribution in [3.05, 3.63) is 0 Å². The van der Waals surface area contributed by atoms with E-state index in [1.807, 2.05) is 0 Å². The summed E-state index contributed by atoms with van der Waals surface area (Å²) in [5.74, 6) is -2.07. The number of alkyl halides is 2. The highest BCUT2D eigenvalue weighted by atomic mass is 19.3. The number of hydrogen-bond acceptors (Lipinski definition) is 3. The van der Waals surface area contributed by atoms with Gasteiger partial charge in [0.1, 0.15) is 0 Å². The fourth-order valence-corrected chi connectivity index (χ4v) is 4.22. The van der Waals surface area contributed by atoms with Crippen LogP contribution in [-0.2, 0) is 4.79 Å². The molecule has 2 saturated heterocycles. The first-order chi connectivity index (χ1) is 11.0. The number of nitrogens with zero attached hydrogens (tertiary/aromatic N) is 2. The molecule has 2 heterocycles. The first-order valence-corrected chi connectivity index (χ1v) is 9.16. The fourth-order valence-electron chi connectivity index (χ4n) is 4.22. The molecule has 1 saturated carbocycles. The van der Waals surface area contributed by atoms with Gasteiger partial charge in [-0.05, 0) is 31.7 Å². The van der Waals surface area contributed by atoms with Crippen LogP contribution < -0.4 is 5.32 Å². The van der Waals surface area contributed by atoms with Gasteiger partial charge in [0.05, 0.1) is 12.6 Å². The third-order valence-corrected chi connectivity index (χ3v) is 5.55. The van der Waals surface area contributed by atoms with Crippen LogP contribution in [0.25, 0.3) is 0 Å². The molecule has 4 nitrogen and oxygen atoms in total. The summed E-state index contributed by atoms with van der Waals surface area (Å²) in [5.41, 5.74) is 0. The molecule has 2 aliphatic heterocycles. The van der Waals surface area contributed by atoms with Crippen LogP contribution in [0.5, 0.6) is 0 Å². The summed E-state index contributed by atoms with van der Waals surface area (Å²) in [4.78, 5) is 16.7. The first-order valence-electron chi connectivity index (χ1n) is 9.16. The maximum atomic E-state index is 13.3. The average molecular weight is 329 g/mol. The Morgan fingerprint density at radius 2 is 1.83 bits per heavy atom. The summed E-state index contributed by atoms with van der Waals surface area (Å²) < 4.78 is 26.6. The van der Waals surface area contributed by atoms with Gasteiger partial charge in [-0.15, -0.1) is 0 Å². The van der Waals surface area contributed by atoms with Crippen LogP contribution in [0.2, 0.25) is 0 Å². The summed E-state index contributed by atoms with van der Waals surface area (Å²) in [6.07, 6.45) is 7.34. The zero-order chi connectivity index (χ0) is 16.3. The lowest BCUT2D eigenvalue weighted by atomic mass is 9.89. The van der Waals surface area contributed by atoms with E-state index in [-0.39, 0.29) is 18.9 Å². The van der Waals surface area contributed by atoms with Crippen molar-refractivity contribution in [3.8, 4) is 0 Å². The van der Waals surface area contributed by atoms with Gasteiger partial charge < -0.3 is 9.80 Å². The Balaban J connectivity index is 1.47. The number of nitrogens with one attached hydrogen (secondary N) is 1. The molecule has 1 N–H and O–H groups in total. The van der Waals surface area contributed by atoms with E-state index < -0.39 is 12.0 Å². The molecule has 1 aliphatic carbocycles. The molecule has 1 unspecified atom stereocenters. The molecule has 23 heavy (non-hydrogen) atoms. The second-order valence-electron chi connectivity index (χ2n) is 7.48. The summed E-state index contributed by atoms with van der Waals surface area (Å²) in [6.45, 7) is 4.05. The molecule has 0 aromatic rings. The van der Waals surface area contributed by atoms with Gasteiger partial charge in [-0.3, -0.25) is 10.1 Å². The lowest BCUT2D eigenvalue weighted by Gasteiger charge is -2.29. The molecule has 3 fully saturated rings. The monoisotopic (exact) mass is 329 g/mol. The van der Waals surface area contributed by atoms with Crippen molar-refractivity contribution >= 4 is 5.91 Å². The summed E-state index contributed by atoms with van der Waals surface area (Å²) >= 11 is 0. The minimum Gasteiger partial charge on any atom is -0.340 e. The Hall–Kier alpha value is -0.750. The Labute approximate surface area is 137 Å². The standard InChI is InChI=1S/C17H29F2N3O/c18-17(19)11-15(20-13-17)16(23)22-8-4-7-21(9-10-22)12-14-5-2-1-3-6-14/h14-15,20H,1-13H2. The maximum absolute atomic E-state index is 13.3. The molecule has 0 bridgehead atoms. The van der Waals surface area contributed by atoms with E-state index in [4.69, 9.17) is 0 Å². The zero-order valence-corrected chi connectivity index (χ0v) is 13.9. The van der Waals surface area contributed by atoms with Crippen LogP contribution in [0.4, 0.5) is 8.78 Å². The van der Waals surface area contributed by atoms with Crippen LogP contribution >= 0.6 is 0 Å². The highest BCUT2D eigenvalue weighted by Gasteiger charge is 2.43. The van der Waals surface area contributed by atoms with Crippen molar-refractivity contribution in [2.45, 2.75) is 56.9 Å². The van der Waals surface area contributed by atoms with E-state index in [1.54, 1.807) is 4.90 Å². The summed E-state index contributed by atoms with van der Waals surface area (Å²) in [6, 6.07) is -0.699. The highest BCUT2D eigenvalue weighted by molar-refractivity contribution is 5.82. The predicted octanol–water partition coefficient (Wildman–Crippen LogP) is 2.10. The Kier molecular flexibility index (Phi) is 5.52. The van der Waals surface area contributed by atoms with Crippen LogP contribution in [0, 0.1) is 5.92 Å². The molecule has 132 valence electrons. The molecule has 3 aliphatic rings. The molecule has 0 spiro atoms. The van der Waals surface area contributed by atoms with Gasteiger partial charge in [0.25, 0.3) is 5.92 Å². The van der Waals surface area contributed by atoms with Crippen LogP contribution in [0.3, 0.4) is 0 Å². The minimum absolute atomic E-state index is 0.137. The Morgan fingerprint density at radius 1 is 1.04 bits per heavy atom. The van der Waals surface area contributed by atoms with Crippen molar-refractivity contribution in [2.75, 3.05) is 39.3 Å². The number of amides is 1. The molecule has 1 atom stereocenters. The second-order valence-corrected chi connectivity index (χ2v) is 7.48. The van der Waals surface area contributed by atoms with Gasteiger partial charge in [0.15, 0.2) is 0 Å². The van der Waals surface area contributed by atoms with Crippen LogP contribution in [0.15, 0.2) is 0 Å². The van der Waals surface area contributed by atoms with Gasteiger partial charge in [-0.1, -0.05) is 19.3 Å². The molecule has 3 rings (SSSR count). The van der Waals surface area contributed by atoms with Gasteiger partial charge >= 0.3 is 0 Å². The Bertz CT molecular complexity index is 413. The van der Waals surface area contributed by atoms with Crippen LogP contribution in [-0.4, -0.2) is 66.9 Å². The quantitative estimate of drug-likeness (QED) is 0.861. The van der Waals surface area contributed by atoms with Crippen LogP contribution in [0.1, 0.15) is 44.9 Å². The number of rotatable bonds is 3. The third-order valence-electron chi connectivity index (χ3n) is 5.55. The van der Waals surface area contributed by atoms with E-state index in [1.165, 1.54) is 32.1 Å². The van der Waals surface area contributed by atoms with Gasteiger partial charge in [0.2, 0.25) is 5.91 Å². The van der Waals surface area contributed by atoms with E-state index in [0.29, 0.717) is 13.1 Å². The van der Waals surface area contributed by atoms with Crippen molar-refractivity contribution in [1.29, 1.82) is 0 Å². The van der Waals surface area contributed by atoms with Gasteiger partial charge in [-0.25, -0.2) is 8.78 Å².